The Hall–Kier alpha value is -0.0800. The Bertz CT molecular complexity index is 286. The largest absolute Gasteiger partial charge is 0.315 e. The Morgan fingerprint density at radius 2 is 1.60 bits per heavy atom. The van der Waals surface area contributed by atoms with Gasteiger partial charge in [0.25, 0.3) is 0 Å². The lowest BCUT2D eigenvalue weighted by molar-refractivity contribution is 0.0248. The molecule has 1 rings (SSSR count). The predicted molar refractivity (Wildman–Crippen MR) is 90.1 cm³/mol. The van der Waals surface area contributed by atoms with Crippen LogP contribution in [0.5, 0.6) is 0 Å². The van der Waals surface area contributed by atoms with Crippen molar-refractivity contribution in [3.8, 4) is 0 Å². The monoisotopic (exact) mass is 282 g/mol. The molecule has 0 aliphatic heterocycles. The first-order valence-electron chi connectivity index (χ1n) is 8.37. The topological polar surface area (TPSA) is 15.3 Å². The summed E-state index contributed by atoms with van der Waals surface area (Å²) in [6, 6.07) is 1.90. The minimum atomic E-state index is 0.335. The standard InChI is InChI=1S/C18H38N2/c1-13(17(2,3)4)20(9)16-12-14(18(5,6)7)10-11-15(16)19-8/h13-16,19H,10-12H2,1-9H3. The summed E-state index contributed by atoms with van der Waals surface area (Å²) in [4.78, 5) is 2.64. The van der Waals surface area contributed by atoms with Crippen LogP contribution in [0.4, 0.5) is 0 Å². The predicted octanol–water partition coefficient (Wildman–Crippen LogP) is 4.16. The van der Waals surface area contributed by atoms with Gasteiger partial charge in [-0.05, 0) is 57.0 Å². The molecule has 0 heterocycles. The number of rotatable bonds is 3. The van der Waals surface area contributed by atoms with Gasteiger partial charge in [-0.1, -0.05) is 41.5 Å². The molecule has 0 saturated heterocycles. The number of nitrogens with zero attached hydrogens (tertiary/aromatic N) is 1. The maximum Gasteiger partial charge on any atom is 0.0252 e. The molecule has 1 fully saturated rings. The summed E-state index contributed by atoms with van der Waals surface area (Å²) in [5.74, 6) is 0.840. The van der Waals surface area contributed by atoms with Crippen molar-refractivity contribution in [1.29, 1.82) is 0 Å². The van der Waals surface area contributed by atoms with Gasteiger partial charge in [0.05, 0.1) is 0 Å². The maximum atomic E-state index is 3.57. The van der Waals surface area contributed by atoms with Gasteiger partial charge in [-0.15, -0.1) is 0 Å². The molecule has 1 N–H and O–H groups in total. The molecule has 1 aliphatic rings. The van der Waals surface area contributed by atoms with Crippen LogP contribution in [-0.2, 0) is 0 Å². The van der Waals surface area contributed by atoms with Gasteiger partial charge in [-0.25, -0.2) is 0 Å². The second-order valence-electron chi connectivity index (χ2n) is 9.05. The van der Waals surface area contributed by atoms with E-state index in [1.54, 1.807) is 0 Å². The lowest BCUT2D eigenvalue weighted by atomic mass is 9.69. The lowest BCUT2D eigenvalue weighted by Crippen LogP contribution is -2.56. The second kappa shape index (κ2) is 6.36. The molecule has 4 unspecified atom stereocenters. The van der Waals surface area contributed by atoms with Crippen LogP contribution in [0.25, 0.3) is 0 Å². The molecule has 0 aromatic carbocycles. The van der Waals surface area contributed by atoms with Gasteiger partial charge >= 0.3 is 0 Å². The molecule has 120 valence electrons. The molecule has 20 heavy (non-hydrogen) atoms. The van der Waals surface area contributed by atoms with Crippen molar-refractivity contribution in [2.24, 2.45) is 16.7 Å². The molecule has 4 atom stereocenters. The average molecular weight is 283 g/mol. The molecule has 0 spiro atoms. The van der Waals surface area contributed by atoms with E-state index in [0.29, 0.717) is 29.0 Å². The molecule has 0 aromatic rings. The van der Waals surface area contributed by atoms with Gasteiger partial charge in [-0.3, -0.25) is 4.90 Å². The smallest absolute Gasteiger partial charge is 0.0252 e. The van der Waals surface area contributed by atoms with Crippen molar-refractivity contribution < 1.29 is 0 Å². The summed E-state index contributed by atoms with van der Waals surface area (Å²) in [6.07, 6.45) is 4.00. The van der Waals surface area contributed by atoms with Crippen molar-refractivity contribution in [3.05, 3.63) is 0 Å². The quantitative estimate of drug-likeness (QED) is 0.836. The van der Waals surface area contributed by atoms with Gasteiger partial charge < -0.3 is 5.32 Å². The van der Waals surface area contributed by atoms with Gasteiger partial charge in [0, 0.05) is 18.1 Å². The van der Waals surface area contributed by atoms with Crippen molar-refractivity contribution in [2.75, 3.05) is 14.1 Å². The summed E-state index contributed by atoms with van der Waals surface area (Å²) >= 11 is 0. The van der Waals surface area contributed by atoms with E-state index >= 15 is 0 Å². The van der Waals surface area contributed by atoms with Crippen LogP contribution in [0.15, 0.2) is 0 Å². The van der Waals surface area contributed by atoms with E-state index in [2.05, 4.69) is 72.8 Å². The first kappa shape index (κ1) is 18.0. The Labute approximate surface area is 127 Å². The van der Waals surface area contributed by atoms with Gasteiger partial charge in [-0.2, -0.15) is 0 Å². The fourth-order valence-electron chi connectivity index (χ4n) is 3.62. The van der Waals surface area contributed by atoms with Crippen molar-refractivity contribution in [2.45, 2.75) is 85.9 Å². The van der Waals surface area contributed by atoms with E-state index in [-0.39, 0.29) is 0 Å². The Morgan fingerprint density at radius 1 is 1.05 bits per heavy atom. The Morgan fingerprint density at radius 3 is 2.00 bits per heavy atom. The van der Waals surface area contributed by atoms with Crippen LogP contribution in [0.1, 0.15) is 67.7 Å². The first-order chi connectivity index (χ1) is 8.98. The Balaban J connectivity index is 2.86. The summed E-state index contributed by atoms with van der Waals surface area (Å²) < 4.78 is 0. The summed E-state index contributed by atoms with van der Waals surface area (Å²) in [6.45, 7) is 16.7. The second-order valence-corrected chi connectivity index (χ2v) is 9.05. The lowest BCUT2D eigenvalue weighted by Gasteiger charge is -2.49. The molecule has 0 aromatic heterocycles. The normalized spacial score (nSPS) is 30.6. The molecule has 0 amide bonds. The minimum Gasteiger partial charge on any atom is -0.315 e. The summed E-state index contributed by atoms with van der Waals surface area (Å²) in [5.41, 5.74) is 0.768. The zero-order valence-electron chi connectivity index (χ0n) is 15.4. The van der Waals surface area contributed by atoms with Crippen molar-refractivity contribution >= 4 is 0 Å². The van der Waals surface area contributed by atoms with E-state index in [1.165, 1.54) is 19.3 Å². The van der Waals surface area contributed by atoms with Crippen LogP contribution in [0, 0.1) is 16.7 Å². The maximum absolute atomic E-state index is 3.57. The zero-order chi connectivity index (χ0) is 15.7. The van der Waals surface area contributed by atoms with Gasteiger partial charge in [0.2, 0.25) is 0 Å². The van der Waals surface area contributed by atoms with E-state index in [0.717, 1.165) is 5.92 Å². The molecule has 1 saturated carbocycles. The third-order valence-electron chi connectivity index (χ3n) is 5.80. The molecule has 0 bridgehead atoms. The van der Waals surface area contributed by atoms with Crippen LogP contribution in [-0.4, -0.2) is 37.1 Å². The average Bonchev–Trinajstić information content (AvgIpc) is 2.34. The molecule has 2 heteroatoms. The first-order valence-corrected chi connectivity index (χ1v) is 8.37. The third kappa shape index (κ3) is 4.21. The van der Waals surface area contributed by atoms with E-state index < -0.39 is 0 Å². The zero-order valence-corrected chi connectivity index (χ0v) is 15.4. The highest BCUT2D eigenvalue weighted by Crippen LogP contribution is 2.40. The number of hydrogen-bond acceptors (Lipinski definition) is 2. The highest BCUT2D eigenvalue weighted by molar-refractivity contribution is 4.95. The summed E-state index contributed by atoms with van der Waals surface area (Å²) in [5, 5.41) is 3.57. The van der Waals surface area contributed by atoms with E-state index in [9.17, 15) is 0 Å². The minimum absolute atomic E-state index is 0.335. The number of nitrogens with one attached hydrogen (secondary N) is 1. The van der Waals surface area contributed by atoms with Crippen LogP contribution in [0.3, 0.4) is 0 Å². The van der Waals surface area contributed by atoms with Crippen LogP contribution < -0.4 is 5.32 Å². The van der Waals surface area contributed by atoms with Crippen LogP contribution >= 0.6 is 0 Å². The van der Waals surface area contributed by atoms with E-state index in [1.807, 2.05) is 0 Å². The fourth-order valence-corrected chi connectivity index (χ4v) is 3.62. The number of likely N-dealkylation sites (N-methyl/N-ethyl adjacent to an activating group) is 2. The third-order valence-corrected chi connectivity index (χ3v) is 5.80. The van der Waals surface area contributed by atoms with Gasteiger partial charge in [0.1, 0.15) is 0 Å². The van der Waals surface area contributed by atoms with Crippen molar-refractivity contribution in [3.63, 3.8) is 0 Å². The number of hydrogen-bond donors (Lipinski definition) is 1. The van der Waals surface area contributed by atoms with Crippen molar-refractivity contribution in [1.82, 2.24) is 10.2 Å². The molecular formula is C18H38N2. The fraction of sp³-hybridized carbons (Fsp3) is 1.00. The summed E-state index contributed by atoms with van der Waals surface area (Å²) in [7, 11) is 4.46. The highest BCUT2D eigenvalue weighted by atomic mass is 15.2. The molecule has 2 nitrogen and oxygen atoms in total. The molecule has 0 radical (unpaired) electrons. The SMILES string of the molecule is CNC1CCC(C(C)(C)C)CC1N(C)C(C)C(C)(C)C. The highest BCUT2D eigenvalue weighted by Gasteiger charge is 2.39. The molecular weight excluding hydrogens is 244 g/mol. The molecule has 1 aliphatic carbocycles. The van der Waals surface area contributed by atoms with Gasteiger partial charge in [0.15, 0.2) is 0 Å². The van der Waals surface area contributed by atoms with Crippen LogP contribution in [0.2, 0.25) is 0 Å². The Kier molecular flexibility index (Phi) is 5.71. The van der Waals surface area contributed by atoms with E-state index in [4.69, 9.17) is 0 Å².